The Labute approximate surface area is 71.9 Å². The minimum atomic E-state index is 0.235. The summed E-state index contributed by atoms with van der Waals surface area (Å²) in [6.07, 6.45) is 1.65. The zero-order valence-corrected chi connectivity index (χ0v) is 6.91. The predicted molar refractivity (Wildman–Crippen MR) is 49.0 cm³/mol. The van der Waals surface area contributed by atoms with Crippen molar-refractivity contribution in [1.82, 2.24) is 0 Å². The predicted octanol–water partition coefficient (Wildman–Crippen LogP) is 1.82. The zero-order valence-electron chi connectivity index (χ0n) is 6.91. The number of nitrogens with two attached hydrogens (primary N) is 1. The molecule has 60 valence electrons. The largest absolute Gasteiger partial charge is 0.390 e. The first-order valence-corrected chi connectivity index (χ1v) is 3.66. The van der Waals surface area contributed by atoms with Gasteiger partial charge in [-0.15, -0.1) is 0 Å². The molecule has 2 heteroatoms. The van der Waals surface area contributed by atoms with Gasteiger partial charge >= 0.3 is 0 Å². The summed E-state index contributed by atoms with van der Waals surface area (Å²) < 4.78 is 0. The van der Waals surface area contributed by atoms with Gasteiger partial charge in [-0.05, 0) is 18.6 Å². The van der Waals surface area contributed by atoms with Crippen molar-refractivity contribution in [2.75, 3.05) is 0 Å². The molecule has 2 nitrogen and oxygen atoms in total. The SMILES string of the molecule is Cc1ccc(/C=C(/N)C#N)cc1. The molecule has 12 heavy (non-hydrogen) atoms. The molecule has 0 saturated heterocycles. The van der Waals surface area contributed by atoms with E-state index in [1.165, 1.54) is 5.56 Å². The van der Waals surface area contributed by atoms with E-state index in [-0.39, 0.29) is 5.70 Å². The number of hydrogen-bond acceptors (Lipinski definition) is 2. The van der Waals surface area contributed by atoms with E-state index >= 15 is 0 Å². The van der Waals surface area contributed by atoms with E-state index in [4.69, 9.17) is 11.0 Å². The maximum atomic E-state index is 8.41. The molecule has 0 aliphatic heterocycles. The summed E-state index contributed by atoms with van der Waals surface area (Å²) in [5.74, 6) is 0. The number of allylic oxidation sites excluding steroid dienone is 1. The van der Waals surface area contributed by atoms with Gasteiger partial charge in [-0.2, -0.15) is 5.26 Å². The van der Waals surface area contributed by atoms with Crippen LogP contribution in [0, 0.1) is 18.3 Å². The molecule has 0 spiro atoms. The van der Waals surface area contributed by atoms with Crippen LogP contribution >= 0.6 is 0 Å². The van der Waals surface area contributed by atoms with E-state index in [1.807, 2.05) is 37.3 Å². The van der Waals surface area contributed by atoms with Gasteiger partial charge in [0, 0.05) is 0 Å². The summed E-state index contributed by atoms with van der Waals surface area (Å²) in [6, 6.07) is 9.69. The van der Waals surface area contributed by atoms with Gasteiger partial charge < -0.3 is 5.73 Å². The standard InChI is InChI=1S/C10H10N2/c1-8-2-4-9(5-3-8)6-10(12)7-11/h2-6H,12H2,1H3/b10-6+. The molecular formula is C10H10N2. The Hall–Kier alpha value is -1.75. The van der Waals surface area contributed by atoms with Gasteiger partial charge in [0.25, 0.3) is 0 Å². The number of rotatable bonds is 1. The van der Waals surface area contributed by atoms with Crippen LogP contribution in [0.2, 0.25) is 0 Å². The second-order valence-electron chi connectivity index (χ2n) is 2.62. The lowest BCUT2D eigenvalue weighted by Crippen LogP contribution is -1.91. The van der Waals surface area contributed by atoms with Gasteiger partial charge in [-0.1, -0.05) is 29.8 Å². The molecule has 0 unspecified atom stereocenters. The number of nitrogens with zero attached hydrogens (tertiary/aromatic N) is 1. The molecule has 0 fully saturated rings. The van der Waals surface area contributed by atoms with Crippen LogP contribution in [0.25, 0.3) is 6.08 Å². The molecule has 0 bridgehead atoms. The van der Waals surface area contributed by atoms with Crippen molar-refractivity contribution in [2.45, 2.75) is 6.92 Å². The monoisotopic (exact) mass is 158 g/mol. The minimum absolute atomic E-state index is 0.235. The van der Waals surface area contributed by atoms with Crippen molar-refractivity contribution in [1.29, 1.82) is 5.26 Å². The Morgan fingerprint density at radius 1 is 1.42 bits per heavy atom. The van der Waals surface area contributed by atoms with Gasteiger partial charge in [0.2, 0.25) is 0 Å². The number of benzene rings is 1. The number of aryl methyl sites for hydroxylation is 1. The molecule has 0 aliphatic carbocycles. The second-order valence-corrected chi connectivity index (χ2v) is 2.62. The molecule has 0 radical (unpaired) electrons. The minimum Gasteiger partial charge on any atom is -0.390 e. The fourth-order valence-corrected chi connectivity index (χ4v) is 0.875. The van der Waals surface area contributed by atoms with Crippen LogP contribution in [-0.4, -0.2) is 0 Å². The van der Waals surface area contributed by atoms with Crippen molar-refractivity contribution in [3.05, 3.63) is 41.1 Å². The van der Waals surface area contributed by atoms with Gasteiger partial charge in [-0.25, -0.2) is 0 Å². The third kappa shape index (κ3) is 2.14. The summed E-state index contributed by atoms with van der Waals surface area (Å²) in [5, 5.41) is 8.41. The molecule has 0 aliphatic rings. The Kier molecular flexibility index (Phi) is 2.49. The van der Waals surface area contributed by atoms with E-state index in [0.717, 1.165) is 5.56 Å². The molecule has 1 rings (SSSR count). The fraction of sp³-hybridized carbons (Fsp3) is 0.100. The van der Waals surface area contributed by atoms with Crippen LogP contribution in [0.4, 0.5) is 0 Å². The summed E-state index contributed by atoms with van der Waals surface area (Å²) >= 11 is 0. The van der Waals surface area contributed by atoms with Crippen LogP contribution in [0.15, 0.2) is 30.0 Å². The first-order chi connectivity index (χ1) is 5.72. The maximum Gasteiger partial charge on any atom is 0.117 e. The first-order valence-electron chi connectivity index (χ1n) is 3.66. The van der Waals surface area contributed by atoms with Crippen molar-refractivity contribution < 1.29 is 0 Å². The Bertz CT molecular complexity index is 328. The van der Waals surface area contributed by atoms with Crippen LogP contribution in [0.5, 0.6) is 0 Å². The molecule has 0 saturated carbocycles. The molecule has 0 aromatic heterocycles. The van der Waals surface area contributed by atoms with Crippen molar-refractivity contribution in [3.8, 4) is 6.07 Å². The third-order valence-electron chi connectivity index (χ3n) is 1.53. The van der Waals surface area contributed by atoms with E-state index in [1.54, 1.807) is 6.08 Å². The Morgan fingerprint density at radius 2 is 2.00 bits per heavy atom. The van der Waals surface area contributed by atoms with Gasteiger partial charge in [0.15, 0.2) is 0 Å². The molecule has 2 N–H and O–H groups in total. The highest BCUT2D eigenvalue weighted by molar-refractivity contribution is 5.55. The van der Waals surface area contributed by atoms with E-state index in [0.29, 0.717) is 0 Å². The summed E-state index contributed by atoms with van der Waals surface area (Å²) in [7, 11) is 0. The highest BCUT2D eigenvalue weighted by Gasteiger charge is 1.89. The van der Waals surface area contributed by atoms with Crippen molar-refractivity contribution in [3.63, 3.8) is 0 Å². The lowest BCUT2D eigenvalue weighted by molar-refractivity contribution is 1.40. The van der Waals surface area contributed by atoms with Gasteiger partial charge in [0.05, 0.1) is 0 Å². The second kappa shape index (κ2) is 3.59. The molecule has 1 aromatic rings. The van der Waals surface area contributed by atoms with Gasteiger partial charge in [0.1, 0.15) is 11.8 Å². The van der Waals surface area contributed by atoms with Crippen molar-refractivity contribution in [2.24, 2.45) is 5.73 Å². The lowest BCUT2D eigenvalue weighted by Gasteiger charge is -1.94. The Balaban J connectivity index is 2.93. The highest BCUT2D eigenvalue weighted by Crippen LogP contribution is 2.05. The van der Waals surface area contributed by atoms with Crippen molar-refractivity contribution >= 4 is 6.08 Å². The van der Waals surface area contributed by atoms with Crippen LogP contribution < -0.4 is 5.73 Å². The van der Waals surface area contributed by atoms with Gasteiger partial charge in [-0.3, -0.25) is 0 Å². The summed E-state index contributed by atoms with van der Waals surface area (Å²) in [5.41, 5.74) is 7.73. The van der Waals surface area contributed by atoms with Crippen LogP contribution in [0.3, 0.4) is 0 Å². The topological polar surface area (TPSA) is 49.8 Å². The quantitative estimate of drug-likeness (QED) is 0.634. The van der Waals surface area contributed by atoms with E-state index in [2.05, 4.69) is 0 Å². The molecule has 0 amide bonds. The number of hydrogen-bond donors (Lipinski definition) is 1. The summed E-state index contributed by atoms with van der Waals surface area (Å²) in [4.78, 5) is 0. The normalized spacial score (nSPS) is 10.8. The zero-order chi connectivity index (χ0) is 8.97. The van der Waals surface area contributed by atoms with E-state index in [9.17, 15) is 0 Å². The van der Waals surface area contributed by atoms with E-state index < -0.39 is 0 Å². The first kappa shape index (κ1) is 8.35. The third-order valence-corrected chi connectivity index (χ3v) is 1.53. The Morgan fingerprint density at radius 3 is 2.50 bits per heavy atom. The summed E-state index contributed by atoms with van der Waals surface area (Å²) in [6.45, 7) is 2.02. The molecular weight excluding hydrogens is 148 g/mol. The molecule has 0 heterocycles. The fourth-order valence-electron chi connectivity index (χ4n) is 0.875. The smallest absolute Gasteiger partial charge is 0.117 e. The lowest BCUT2D eigenvalue weighted by atomic mass is 10.1. The number of nitriles is 1. The van der Waals surface area contributed by atoms with Crippen LogP contribution in [0.1, 0.15) is 11.1 Å². The van der Waals surface area contributed by atoms with Crippen LogP contribution in [-0.2, 0) is 0 Å². The molecule has 0 atom stereocenters. The molecule has 1 aromatic carbocycles. The average molecular weight is 158 g/mol. The highest BCUT2D eigenvalue weighted by atomic mass is 14.6. The average Bonchev–Trinajstić information content (AvgIpc) is 2.09. The maximum absolute atomic E-state index is 8.41.